The van der Waals surface area contributed by atoms with Gasteiger partial charge in [-0.1, -0.05) is 0 Å². The van der Waals surface area contributed by atoms with E-state index in [1.807, 2.05) is 0 Å². The molecule has 4 N–H and O–H groups in total. The molecule has 156 valence electrons. The molecule has 1 unspecified atom stereocenters. The van der Waals surface area contributed by atoms with Gasteiger partial charge in [-0.3, -0.25) is 19.7 Å². The SMILES string of the molecule is O=C(O)NCCCCCNc1cc(F)cc2c1CN(C1CCC(=O)NC1=O)C2=O. The van der Waals surface area contributed by atoms with Crippen molar-refractivity contribution in [3.8, 4) is 0 Å². The first-order valence-electron chi connectivity index (χ1n) is 9.54. The molecule has 1 aromatic carbocycles. The number of imide groups is 1. The standard InChI is InChI=1S/C19H23FN4O5/c20-11-8-12-13(14(9-11)21-6-2-1-3-7-22-19(28)29)10-24(18(12)27)15-4-5-16(25)23-17(15)26/h8-9,15,21-22H,1-7,10H2,(H,28,29)(H,23,25,26). The molecule has 1 fully saturated rings. The number of amides is 4. The monoisotopic (exact) mass is 406 g/mol. The molecule has 2 aliphatic rings. The number of nitrogens with one attached hydrogen (secondary N) is 3. The Hall–Kier alpha value is -3.17. The lowest BCUT2D eigenvalue weighted by Crippen LogP contribution is -2.52. The number of hydrogen-bond donors (Lipinski definition) is 4. The normalized spacial score (nSPS) is 18.4. The number of piperidine rings is 1. The maximum atomic E-state index is 14.0. The van der Waals surface area contributed by atoms with Crippen LogP contribution in [0.3, 0.4) is 0 Å². The van der Waals surface area contributed by atoms with Crippen molar-refractivity contribution in [1.29, 1.82) is 0 Å². The summed E-state index contributed by atoms with van der Waals surface area (Å²) in [5.74, 6) is -1.83. The number of carbonyl (C=O) groups is 4. The third kappa shape index (κ3) is 4.82. The van der Waals surface area contributed by atoms with E-state index in [9.17, 15) is 23.6 Å². The van der Waals surface area contributed by atoms with Gasteiger partial charge in [-0.2, -0.15) is 0 Å². The van der Waals surface area contributed by atoms with Crippen LogP contribution in [0.4, 0.5) is 14.9 Å². The van der Waals surface area contributed by atoms with Crippen LogP contribution >= 0.6 is 0 Å². The van der Waals surface area contributed by atoms with Gasteiger partial charge >= 0.3 is 6.09 Å². The Morgan fingerprint density at radius 3 is 2.69 bits per heavy atom. The van der Waals surface area contributed by atoms with Crippen LogP contribution in [-0.4, -0.2) is 53.0 Å². The van der Waals surface area contributed by atoms with Crippen molar-refractivity contribution in [3.63, 3.8) is 0 Å². The molecule has 0 bridgehead atoms. The van der Waals surface area contributed by atoms with Crippen molar-refractivity contribution >= 4 is 29.5 Å². The highest BCUT2D eigenvalue weighted by molar-refractivity contribution is 6.06. The minimum atomic E-state index is -1.05. The number of carbonyl (C=O) groups excluding carboxylic acids is 3. The van der Waals surface area contributed by atoms with E-state index < -0.39 is 29.8 Å². The molecule has 0 aromatic heterocycles. The third-order valence-electron chi connectivity index (χ3n) is 5.07. The number of nitrogens with zero attached hydrogens (tertiary/aromatic N) is 1. The lowest BCUT2D eigenvalue weighted by atomic mass is 10.0. The van der Waals surface area contributed by atoms with E-state index in [-0.39, 0.29) is 30.9 Å². The van der Waals surface area contributed by atoms with Crippen LogP contribution in [-0.2, 0) is 16.1 Å². The van der Waals surface area contributed by atoms with Gasteiger partial charge in [-0.05, 0) is 37.8 Å². The summed E-state index contributed by atoms with van der Waals surface area (Å²) in [6, 6.07) is 1.75. The van der Waals surface area contributed by atoms with Crippen LogP contribution in [0, 0.1) is 5.82 Å². The van der Waals surface area contributed by atoms with E-state index in [1.165, 1.54) is 17.0 Å². The van der Waals surface area contributed by atoms with Gasteiger partial charge in [0.1, 0.15) is 11.9 Å². The van der Waals surface area contributed by atoms with Crippen molar-refractivity contribution in [2.24, 2.45) is 0 Å². The molecule has 10 heteroatoms. The predicted octanol–water partition coefficient (Wildman–Crippen LogP) is 1.44. The van der Waals surface area contributed by atoms with Gasteiger partial charge < -0.3 is 20.6 Å². The predicted molar refractivity (Wildman–Crippen MR) is 101 cm³/mol. The summed E-state index contributed by atoms with van der Waals surface area (Å²) in [7, 11) is 0. The van der Waals surface area contributed by atoms with E-state index in [2.05, 4.69) is 16.0 Å². The van der Waals surface area contributed by atoms with Gasteiger partial charge in [-0.15, -0.1) is 0 Å². The molecule has 29 heavy (non-hydrogen) atoms. The average Bonchev–Trinajstić information content (AvgIpc) is 2.97. The highest BCUT2D eigenvalue weighted by Gasteiger charge is 2.40. The van der Waals surface area contributed by atoms with Crippen molar-refractivity contribution in [2.45, 2.75) is 44.7 Å². The molecule has 9 nitrogen and oxygen atoms in total. The summed E-state index contributed by atoms with van der Waals surface area (Å²) < 4.78 is 14.0. The van der Waals surface area contributed by atoms with Crippen LogP contribution < -0.4 is 16.0 Å². The summed E-state index contributed by atoms with van der Waals surface area (Å²) in [5.41, 5.74) is 1.36. The summed E-state index contributed by atoms with van der Waals surface area (Å²) >= 11 is 0. The van der Waals surface area contributed by atoms with Crippen LogP contribution in [0.5, 0.6) is 0 Å². The maximum Gasteiger partial charge on any atom is 0.404 e. The molecule has 1 aromatic rings. The van der Waals surface area contributed by atoms with Gasteiger partial charge in [0, 0.05) is 42.9 Å². The Morgan fingerprint density at radius 2 is 1.97 bits per heavy atom. The fraction of sp³-hybridized carbons (Fsp3) is 0.474. The van der Waals surface area contributed by atoms with Gasteiger partial charge in [0.2, 0.25) is 11.8 Å². The molecule has 0 radical (unpaired) electrons. The van der Waals surface area contributed by atoms with Crippen LogP contribution in [0.2, 0.25) is 0 Å². The number of rotatable bonds is 8. The zero-order valence-corrected chi connectivity index (χ0v) is 15.8. The number of halogens is 1. The fourth-order valence-electron chi connectivity index (χ4n) is 3.63. The number of unbranched alkanes of at least 4 members (excludes halogenated alkanes) is 2. The highest BCUT2D eigenvalue weighted by Crippen LogP contribution is 2.33. The first-order chi connectivity index (χ1) is 13.9. The number of hydrogen-bond acceptors (Lipinski definition) is 5. The minimum absolute atomic E-state index is 0.159. The molecule has 2 aliphatic heterocycles. The molecule has 4 amide bonds. The zero-order valence-electron chi connectivity index (χ0n) is 15.8. The van der Waals surface area contributed by atoms with Crippen LogP contribution in [0.1, 0.15) is 48.0 Å². The molecule has 0 saturated carbocycles. The molecule has 0 aliphatic carbocycles. The summed E-state index contributed by atoms with van der Waals surface area (Å²) in [6.07, 6.45) is 1.58. The van der Waals surface area contributed by atoms with Crippen molar-refractivity contribution in [1.82, 2.24) is 15.5 Å². The summed E-state index contributed by atoms with van der Waals surface area (Å²) in [4.78, 5) is 48.0. The Labute approximate surface area is 166 Å². The molecule has 1 saturated heterocycles. The Balaban J connectivity index is 1.61. The quantitative estimate of drug-likeness (QED) is 0.382. The smallest absolute Gasteiger partial charge is 0.404 e. The first-order valence-corrected chi connectivity index (χ1v) is 9.54. The molecule has 3 rings (SSSR count). The van der Waals surface area contributed by atoms with Gasteiger partial charge in [0.25, 0.3) is 5.91 Å². The number of anilines is 1. The molecule has 2 heterocycles. The van der Waals surface area contributed by atoms with Gasteiger partial charge in [0.15, 0.2) is 0 Å². The second-order valence-corrected chi connectivity index (χ2v) is 7.10. The molecule has 1 atom stereocenters. The molecular weight excluding hydrogens is 383 g/mol. The Bertz CT molecular complexity index is 844. The van der Waals surface area contributed by atoms with Crippen LogP contribution in [0.15, 0.2) is 12.1 Å². The van der Waals surface area contributed by atoms with E-state index in [4.69, 9.17) is 5.11 Å². The lowest BCUT2D eigenvalue weighted by molar-refractivity contribution is -0.136. The fourth-order valence-corrected chi connectivity index (χ4v) is 3.63. The van der Waals surface area contributed by atoms with Gasteiger partial charge in [-0.25, -0.2) is 9.18 Å². The lowest BCUT2D eigenvalue weighted by Gasteiger charge is -2.29. The third-order valence-corrected chi connectivity index (χ3v) is 5.07. The summed E-state index contributed by atoms with van der Waals surface area (Å²) in [5, 5.41) is 16.2. The largest absolute Gasteiger partial charge is 0.465 e. The van der Waals surface area contributed by atoms with E-state index in [0.717, 1.165) is 12.8 Å². The number of carboxylic acid groups (broad SMARTS) is 1. The molecular formula is C19H23FN4O5. The number of fused-ring (bicyclic) bond motifs is 1. The highest BCUT2D eigenvalue weighted by atomic mass is 19.1. The second kappa shape index (κ2) is 8.89. The van der Waals surface area contributed by atoms with Crippen LogP contribution in [0.25, 0.3) is 0 Å². The number of benzene rings is 1. The molecule has 0 spiro atoms. The van der Waals surface area contributed by atoms with Gasteiger partial charge in [0.05, 0.1) is 0 Å². The van der Waals surface area contributed by atoms with E-state index in [1.54, 1.807) is 0 Å². The topological polar surface area (TPSA) is 128 Å². The van der Waals surface area contributed by atoms with Crippen molar-refractivity contribution in [2.75, 3.05) is 18.4 Å². The second-order valence-electron chi connectivity index (χ2n) is 7.10. The van der Waals surface area contributed by atoms with E-state index in [0.29, 0.717) is 30.8 Å². The summed E-state index contributed by atoms with van der Waals surface area (Å²) in [6.45, 7) is 1.08. The van der Waals surface area contributed by atoms with Crippen molar-refractivity contribution < 1.29 is 28.7 Å². The zero-order chi connectivity index (χ0) is 21.0. The van der Waals surface area contributed by atoms with E-state index >= 15 is 0 Å². The first kappa shape index (κ1) is 20.6. The average molecular weight is 406 g/mol. The van der Waals surface area contributed by atoms with Crippen molar-refractivity contribution in [3.05, 3.63) is 29.1 Å². The minimum Gasteiger partial charge on any atom is -0.465 e. The Kier molecular flexibility index (Phi) is 6.30. The maximum absolute atomic E-state index is 14.0. The Morgan fingerprint density at radius 1 is 1.21 bits per heavy atom.